The van der Waals surface area contributed by atoms with Crippen LogP contribution in [0, 0.1) is 0 Å². The molecule has 0 aromatic heterocycles. The second-order valence-electron chi connectivity index (χ2n) is 3.37. The molecule has 0 amide bonds. The number of rotatable bonds is 3. The van der Waals surface area contributed by atoms with E-state index in [1.54, 1.807) is 0 Å². The van der Waals surface area contributed by atoms with Crippen molar-refractivity contribution in [1.29, 1.82) is 0 Å². The van der Waals surface area contributed by atoms with Crippen molar-refractivity contribution in [2.45, 2.75) is 25.0 Å². The summed E-state index contributed by atoms with van der Waals surface area (Å²) in [5.74, 6) is -0.675. The molecule has 5 nitrogen and oxygen atoms in total. The maximum atomic E-state index is 11.2. The summed E-state index contributed by atoms with van der Waals surface area (Å²) in [6, 6.07) is 0. The fourth-order valence-electron chi connectivity index (χ4n) is 0.967. The topological polar surface area (TPSA) is 81.8 Å². The van der Waals surface area contributed by atoms with Crippen LogP contribution in [0.1, 0.15) is 13.3 Å². The smallest absolute Gasteiger partial charge is 0.339 e. The summed E-state index contributed by atoms with van der Waals surface area (Å²) >= 11 is 0. The molecule has 0 saturated carbocycles. The molecule has 76 valence electrons. The first-order chi connectivity index (χ1) is 6.06. The van der Waals surface area contributed by atoms with Gasteiger partial charge in [-0.15, -0.1) is 0 Å². The van der Waals surface area contributed by atoms with Gasteiger partial charge in [-0.3, -0.25) is 0 Å². The number of carbonyl (C=O) groups excluding carboxylic acids is 1. The average molecular weight is 189 g/mol. The van der Waals surface area contributed by atoms with Crippen molar-refractivity contribution in [3.63, 3.8) is 0 Å². The van der Waals surface area contributed by atoms with Crippen molar-refractivity contribution in [3.05, 3.63) is 0 Å². The third-order valence-electron chi connectivity index (χ3n) is 2.00. The van der Waals surface area contributed by atoms with Gasteiger partial charge in [0.1, 0.15) is 6.10 Å². The fourth-order valence-corrected chi connectivity index (χ4v) is 0.967. The van der Waals surface area contributed by atoms with E-state index in [9.17, 15) is 9.90 Å². The molecule has 1 rings (SSSR count). The number of aliphatic hydroxyl groups is 1. The zero-order chi connectivity index (χ0) is 9.90. The normalized spacial score (nSPS) is 26.8. The van der Waals surface area contributed by atoms with Crippen LogP contribution in [0.5, 0.6) is 0 Å². The maximum Gasteiger partial charge on any atom is 0.339 e. The standard InChI is InChI=1S/C8H15NO4/c1-8(11,5-9)7(10)13-6-2-3-12-4-6/h6,11H,2-5,9H2,1H3. The molecule has 1 aliphatic heterocycles. The van der Waals surface area contributed by atoms with Gasteiger partial charge in [0.05, 0.1) is 13.2 Å². The second-order valence-corrected chi connectivity index (χ2v) is 3.37. The van der Waals surface area contributed by atoms with Gasteiger partial charge in [0.25, 0.3) is 0 Å². The highest BCUT2D eigenvalue weighted by atomic mass is 16.6. The lowest BCUT2D eigenvalue weighted by molar-refractivity contribution is -0.168. The van der Waals surface area contributed by atoms with E-state index in [1.807, 2.05) is 0 Å². The first kappa shape index (κ1) is 10.4. The molecular formula is C8H15NO4. The van der Waals surface area contributed by atoms with Crippen LogP contribution >= 0.6 is 0 Å². The Balaban J connectivity index is 2.39. The molecule has 0 aromatic carbocycles. The van der Waals surface area contributed by atoms with E-state index in [0.717, 1.165) is 0 Å². The minimum absolute atomic E-state index is 0.139. The Hall–Kier alpha value is -0.650. The van der Waals surface area contributed by atoms with Crippen LogP contribution in [-0.2, 0) is 14.3 Å². The number of carbonyl (C=O) groups is 1. The molecule has 2 atom stereocenters. The monoisotopic (exact) mass is 189 g/mol. The van der Waals surface area contributed by atoms with Crippen LogP contribution in [0.4, 0.5) is 0 Å². The van der Waals surface area contributed by atoms with Crippen LogP contribution in [0.25, 0.3) is 0 Å². The predicted octanol–water partition coefficient (Wildman–Crippen LogP) is -0.972. The summed E-state index contributed by atoms with van der Waals surface area (Å²) in [4.78, 5) is 11.2. The largest absolute Gasteiger partial charge is 0.458 e. The average Bonchev–Trinajstić information content (AvgIpc) is 2.57. The first-order valence-electron chi connectivity index (χ1n) is 4.27. The van der Waals surface area contributed by atoms with Gasteiger partial charge in [-0.05, 0) is 6.92 Å². The van der Waals surface area contributed by atoms with Crippen LogP contribution < -0.4 is 5.73 Å². The third kappa shape index (κ3) is 2.65. The van der Waals surface area contributed by atoms with Crippen LogP contribution in [-0.4, -0.2) is 42.5 Å². The van der Waals surface area contributed by atoms with Gasteiger partial charge in [-0.1, -0.05) is 0 Å². The van der Waals surface area contributed by atoms with Crippen LogP contribution in [0.15, 0.2) is 0 Å². The Labute approximate surface area is 76.8 Å². The molecule has 5 heteroatoms. The molecule has 13 heavy (non-hydrogen) atoms. The van der Waals surface area contributed by atoms with Crippen molar-refractivity contribution in [2.24, 2.45) is 5.73 Å². The van der Waals surface area contributed by atoms with Crippen molar-refractivity contribution in [2.75, 3.05) is 19.8 Å². The summed E-state index contributed by atoms with van der Waals surface area (Å²) in [6.07, 6.45) is 0.456. The Morgan fingerprint density at radius 2 is 2.54 bits per heavy atom. The van der Waals surface area contributed by atoms with Crippen molar-refractivity contribution in [3.8, 4) is 0 Å². The van der Waals surface area contributed by atoms with Gasteiger partial charge in [-0.25, -0.2) is 4.79 Å². The summed E-state index contributed by atoms with van der Waals surface area (Å²) in [7, 11) is 0. The van der Waals surface area contributed by atoms with Gasteiger partial charge in [0, 0.05) is 13.0 Å². The highest BCUT2D eigenvalue weighted by Gasteiger charge is 2.33. The van der Waals surface area contributed by atoms with Gasteiger partial charge < -0.3 is 20.3 Å². The molecule has 1 heterocycles. The second kappa shape index (κ2) is 4.04. The Morgan fingerprint density at radius 1 is 1.85 bits per heavy atom. The SMILES string of the molecule is CC(O)(CN)C(=O)OC1CCOC1. The predicted molar refractivity (Wildman–Crippen MR) is 45.0 cm³/mol. The number of ether oxygens (including phenoxy) is 2. The molecule has 1 saturated heterocycles. The first-order valence-corrected chi connectivity index (χ1v) is 4.27. The molecule has 1 fully saturated rings. The molecule has 2 unspecified atom stereocenters. The number of hydrogen-bond acceptors (Lipinski definition) is 5. The van der Waals surface area contributed by atoms with E-state index in [4.69, 9.17) is 15.2 Å². The van der Waals surface area contributed by atoms with Crippen molar-refractivity contribution in [1.82, 2.24) is 0 Å². The quantitative estimate of drug-likeness (QED) is 0.558. The highest BCUT2D eigenvalue weighted by molar-refractivity contribution is 5.79. The Kier molecular flexibility index (Phi) is 3.24. The maximum absolute atomic E-state index is 11.2. The highest BCUT2D eigenvalue weighted by Crippen LogP contribution is 2.12. The van der Waals surface area contributed by atoms with Gasteiger partial charge in [0.2, 0.25) is 0 Å². The number of hydrogen-bond donors (Lipinski definition) is 2. The Bertz CT molecular complexity index is 187. The molecule has 0 bridgehead atoms. The lowest BCUT2D eigenvalue weighted by Gasteiger charge is -2.21. The molecule has 3 N–H and O–H groups in total. The lowest BCUT2D eigenvalue weighted by atomic mass is 10.1. The number of nitrogens with two attached hydrogens (primary N) is 1. The third-order valence-corrected chi connectivity index (χ3v) is 2.00. The molecular weight excluding hydrogens is 174 g/mol. The van der Waals surface area contributed by atoms with E-state index in [1.165, 1.54) is 6.92 Å². The molecule has 0 aliphatic carbocycles. The molecule has 0 radical (unpaired) electrons. The summed E-state index contributed by atoms with van der Waals surface area (Å²) in [5, 5.41) is 9.41. The number of esters is 1. The zero-order valence-corrected chi connectivity index (χ0v) is 7.66. The fraction of sp³-hybridized carbons (Fsp3) is 0.875. The minimum atomic E-state index is -1.58. The van der Waals surface area contributed by atoms with E-state index < -0.39 is 11.6 Å². The molecule has 1 aliphatic rings. The van der Waals surface area contributed by atoms with Crippen LogP contribution in [0.3, 0.4) is 0 Å². The van der Waals surface area contributed by atoms with Crippen molar-refractivity contribution < 1.29 is 19.4 Å². The van der Waals surface area contributed by atoms with Crippen LogP contribution in [0.2, 0.25) is 0 Å². The van der Waals surface area contributed by atoms with Gasteiger partial charge in [0.15, 0.2) is 5.60 Å². The lowest BCUT2D eigenvalue weighted by Crippen LogP contribution is -2.45. The van der Waals surface area contributed by atoms with E-state index in [2.05, 4.69) is 0 Å². The molecule has 0 aromatic rings. The van der Waals surface area contributed by atoms with E-state index >= 15 is 0 Å². The van der Waals surface area contributed by atoms with Gasteiger partial charge >= 0.3 is 5.97 Å². The molecule has 0 spiro atoms. The summed E-state index contributed by atoms with van der Waals surface area (Å²) < 4.78 is 9.99. The minimum Gasteiger partial charge on any atom is -0.458 e. The van der Waals surface area contributed by atoms with E-state index in [0.29, 0.717) is 19.6 Å². The summed E-state index contributed by atoms with van der Waals surface area (Å²) in [5.41, 5.74) is 3.62. The van der Waals surface area contributed by atoms with Crippen molar-refractivity contribution >= 4 is 5.97 Å². The summed E-state index contributed by atoms with van der Waals surface area (Å²) in [6.45, 7) is 2.21. The van der Waals surface area contributed by atoms with Gasteiger partial charge in [-0.2, -0.15) is 0 Å². The Morgan fingerprint density at radius 3 is 3.00 bits per heavy atom. The van der Waals surface area contributed by atoms with E-state index in [-0.39, 0.29) is 12.6 Å². The zero-order valence-electron chi connectivity index (χ0n) is 7.66.